The fraction of sp³-hybridized carbons (Fsp3) is 0.907. The molecule has 0 aliphatic rings. The number of ether oxygens (including phenoxy) is 3. The van der Waals surface area contributed by atoms with E-state index in [0.29, 0.717) is 12.8 Å². The Bertz CT molecular complexity index is 1020. The molecule has 8 nitrogen and oxygen atoms in total. The van der Waals surface area contributed by atoms with Gasteiger partial charge in [0.15, 0.2) is 6.10 Å². The lowest BCUT2D eigenvalue weighted by Crippen LogP contribution is -2.55. The zero-order valence-corrected chi connectivity index (χ0v) is 41.8. The van der Waals surface area contributed by atoms with E-state index in [4.69, 9.17) is 14.2 Å². The molecule has 0 aromatic carbocycles. The van der Waals surface area contributed by atoms with Crippen LogP contribution in [0.3, 0.4) is 0 Å². The lowest BCUT2D eigenvalue weighted by Gasteiger charge is -2.34. The topological polar surface area (TPSA) is 102 Å². The van der Waals surface area contributed by atoms with Crippen LogP contribution in [0.25, 0.3) is 0 Å². The average molecular weight is 878 g/mol. The number of allylic oxidation sites excluding steroid dienone is 2. The molecule has 0 aliphatic heterocycles. The van der Waals surface area contributed by atoms with E-state index in [-0.39, 0.29) is 42.7 Å². The molecular formula is C54H103NO7. The number of carboxylic acid groups (broad SMARTS) is 1. The highest BCUT2D eigenvalue weighted by Crippen LogP contribution is 2.17. The highest BCUT2D eigenvalue weighted by Gasteiger charge is 2.25. The van der Waals surface area contributed by atoms with Crippen LogP contribution in [0.1, 0.15) is 264 Å². The van der Waals surface area contributed by atoms with Crippen molar-refractivity contribution in [2.75, 3.05) is 41.0 Å². The van der Waals surface area contributed by atoms with Gasteiger partial charge in [-0.2, -0.15) is 0 Å². The monoisotopic (exact) mass is 878 g/mol. The molecule has 0 spiro atoms. The first-order chi connectivity index (χ1) is 30.1. The molecule has 0 heterocycles. The van der Waals surface area contributed by atoms with Crippen LogP contribution in [0.2, 0.25) is 0 Å². The predicted molar refractivity (Wildman–Crippen MR) is 259 cm³/mol. The molecule has 0 aromatic heterocycles. The van der Waals surface area contributed by atoms with Crippen LogP contribution in [0.15, 0.2) is 12.2 Å². The Balaban J connectivity index is 4.15. The summed E-state index contributed by atoms with van der Waals surface area (Å²) in [5.74, 6) is -1.72. The molecule has 0 rings (SSSR count). The van der Waals surface area contributed by atoms with Gasteiger partial charge in [0, 0.05) is 19.3 Å². The predicted octanol–water partition coefficient (Wildman–Crippen LogP) is 14.1. The van der Waals surface area contributed by atoms with Crippen LogP contribution in [-0.4, -0.2) is 75.5 Å². The van der Waals surface area contributed by atoms with Gasteiger partial charge in [-0.3, -0.25) is 9.59 Å². The number of rotatable bonds is 49. The van der Waals surface area contributed by atoms with E-state index in [1.807, 2.05) is 21.1 Å². The minimum atomic E-state index is -1.12. The van der Waals surface area contributed by atoms with Gasteiger partial charge in [0.05, 0.1) is 40.3 Å². The molecule has 0 aromatic rings. The Kier molecular flexibility index (Phi) is 44.2. The third kappa shape index (κ3) is 43.3. The molecule has 366 valence electrons. The Morgan fingerprint density at radius 3 is 1.18 bits per heavy atom. The maximum atomic E-state index is 12.8. The SMILES string of the molecule is CCCCCC/C=C/CCCCCCCCCC(=O)OCC(COCCC(C(=O)[O-])[N+](C)(C)C)OC(=O)CCCCCCCCCCCCCCCCCCCCCCCCC. The minimum absolute atomic E-state index is 0.0457. The molecule has 62 heavy (non-hydrogen) atoms. The summed E-state index contributed by atoms with van der Waals surface area (Å²) in [6, 6.07) is -0.723. The van der Waals surface area contributed by atoms with Gasteiger partial charge in [-0.15, -0.1) is 0 Å². The quantitative estimate of drug-likeness (QED) is 0.0260. The highest BCUT2D eigenvalue weighted by molar-refractivity contribution is 5.70. The zero-order chi connectivity index (χ0) is 45.6. The van der Waals surface area contributed by atoms with E-state index >= 15 is 0 Å². The number of nitrogens with zero attached hydrogens (tertiary/aromatic N) is 1. The number of quaternary nitrogens is 1. The third-order valence-electron chi connectivity index (χ3n) is 12.4. The van der Waals surface area contributed by atoms with E-state index < -0.39 is 18.1 Å². The summed E-state index contributed by atoms with van der Waals surface area (Å²) in [6.07, 6.45) is 51.0. The molecule has 2 atom stereocenters. The standard InChI is InChI=1S/C54H103NO7/c1-6-8-10-12-14-16-18-20-22-23-24-25-26-27-28-29-31-33-35-37-39-41-43-45-53(57)62-50(48-60-47-46-51(54(58)59)55(3,4)5)49-61-52(56)44-42-40-38-36-34-32-30-21-19-17-15-13-11-9-7-2/h17,19,50-51H,6-16,18,20-49H2,1-5H3/b19-17+. The summed E-state index contributed by atoms with van der Waals surface area (Å²) < 4.78 is 17.3. The first-order valence-electron chi connectivity index (χ1n) is 26.7. The smallest absolute Gasteiger partial charge is 0.306 e. The van der Waals surface area contributed by atoms with Crippen molar-refractivity contribution in [2.24, 2.45) is 0 Å². The number of likely N-dealkylation sites (N-methyl/N-ethyl adjacent to an activating group) is 1. The molecule has 0 aliphatic carbocycles. The molecule has 2 unspecified atom stereocenters. The number of carbonyl (C=O) groups is 3. The highest BCUT2D eigenvalue weighted by atomic mass is 16.6. The summed E-state index contributed by atoms with van der Waals surface area (Å²) in [4.78, 5) is 37.0. The first kappa shape index (κ1) is 60.1. The second-order valence-electron chi connectivity index (χ2n) is 19.5. The van der Waals surface area contributed by atoms with Crippen molar-refractivity contribution in [1.29, 1.82) is 0 Å². The average Bonchev–Trinajstić information content (AvgIpc) is 3.23. The fourth-order valence-corrected chi connectivity index (χ4v) is 8.25. The summed E-state index contributed by atoms with van der Waals surface area (Å²) >= 11 is 0. The Morgan fingerprint density at radius 1 is 0.468 bits per heavy atom. The van der Waals surface area contributed by atoms with Gasteiger partial charge in [0.1, 0.15) is 12.6 Å². The molecule has 0 bridgehead atoms. The maximum absolute atomic E-state index is 12.8. The van der Waals surface area contributed by atoms with Crippen molar-refractivity contribution in [1.82, 2.24) is 0 Å². The Labute approximate surface area is 384 Å². The third-order valence-corrected chi connectivity index (χ3v) is 12.4. The van der Waals surface area contributed by atoms with Gasteiger partial charge in [-0.05, 0) is 38.5 Å². The van der Waals surface area contributed by atoms with Crippen LogP contribution >= 0.6 is 0 Å². The number of carboxylic acids is 1. The molecule has 0 radical (unpaired) electrons. The molecule has 0 fully saturated rings. The fourth-order valence-electron chi connectivity index (χ4n) is 8.25. The molecule has 0 saturated heterocycles. The largest absolute Gasteiger partial charge is 0.544 e. The van der Waals surface area contributed by atoms with E-state index in [1.54, 1.807) is 0 Å². The minimum Gasteiger partial charge on any atom is -0.544 e. The van der Waals surface area contributed by atoms with Gasteiger partial charge in [0.25, 0.3) is 0 Å². The number of aliphatic carboxylic acids is 1. The van der Waals surface area contributed by atoms with Crippen molar-refractivity contribution >= 4 is 17.9 Å². The van der Waals surface area contributed by atoms with E-state index in [9.17, 15) is 19.5 Å². The lowest BCUT2D eigenvalue weighted by molar-refractivity contribution is -0.889. The van der Waals surface area contributed by atoms with E-state index in [2.05, 4.69) is 26.0 Å². The lowest BCUT2D eigenvalue weighted by atomic mass is 10.0. The van der Waals surface area contributed by atoms with Crippen molar-refractivity contribution < 1.29 is 38.2 Å². The second-order valence-corrected chi connectivity index (χ2v) is 19.5. The Morgan fingerprint density at radius 2 is 0.806 bits per heavy atom. The van der Waals surface area contributed by atoms with E-state index in [1.165, 1.54) is 193 Å². The molecule has 0 N–H and O–H groups in total. The number of hydrogen-bond donors (Lipinski definition) is 0. The van der Waals surface area contributed by atoms with Gasteiger partial charge >= 0.3 is 11.9 Å². The Hall–Kier alpha value is -1.93. The molecule has 0 saturated carbocycles. The van der Waals surface area contributed by atoms with Crippen LogP contribution in [0.4, 0.5) is 0 Å². The van der Waals surface area contributed by atoms with Gasteiger partial charge in [0.2, 0.25) is 0 Å². The summed E-state index contributed by atoms with van der Waals surface area (Å²) in [7, 11) is 5.43. The normalized spacial score (nSPS) is 12.9. The molecule has 8 heteroatoms. The van der Waals surface area contributed by atoms with Gasteiger partial charge in [-0.1, -0.05) is 219 Å². The maximum Gasteiger partial charge on any atom is 0.306 e. The van der Waals surface area contributed by atoms with Crippen molar-refractivity contribution in [3.63, 3.8) is 0 Å². The van der Waals surface area contributed by atoms with Crippen molar-refractivity contribution in [3.05, 3.63) is 12.2 Å². The number of hydrogen-bond acceptors (Lipinski definition) is 7. The van der Waals surface area contributed by atoms with Gasteiger partial charge in [-0.25, -0.2) is 0 Å². The summed E-state index contributed by atoms with van der Waals surface area (Å²) in [6.45, 7) is 4.70. The van der Waals surface area contributed by atoms with Crippen LogP contribution in [0.5, 0.6) is 0 Å². The number of unbranched alkanes of at least 4 members (excludes halogenated alkanes) is 33. The van der Waals surface area contributed by atoms with Crippen LogP contribution in [0, 0.1) is 0 Å². The number of carbonyl (C=O) groups excluding carboxylic acids is 3. The summed E-state index contributed by atoms with van der Waals surface area (Å²) in [5.41, 5.74) is 0. The van der Waals surface area contributed by atoms with Gasteiger partial charge < -0.3 is 28.6 Å². The molecule has 0 amide bonds. The zero-order valence-electron chi connectivity index (χ0n) is 41.8. The van der Waals surface area contributed by atoms with Crippen molar-refractivity contribution in [3.8, 4) is 0 Å². The summed E-state index contributed by atoms with van der Waals surface area (Å²) in [5, 5.41) is 11.7. The van der Waals surface area contributed by atoms with Crippen LogP contribution in [-0.2, 0) is 28.6 Å². The molecular weight excluding hydrogens is 775 g/mol. The van der Waals surface area contributed by atoms with Crippen molar-refractivity contribution in [2.45, 2.75) is 276 Å². The number of esters is 2. The van der Waals surface area contributed by atoms with Crippen LogP contribution < -0.4 is 5.11 Å². The second kappa shape index (κ2) is 45.6. The first-order valence-corrected chi connectivity index (χ1v) is 26.7. The van der Waals surface area contributed by atoms with E-state index in [0.717, 1.165) is 38.5 Å².